The third kappa shape index (κ3) is 21.7. The predicted octanol–water partition coefficient (Wildman–Crippen LogP) is 20.8. The van der Waals surface area contributed by atoms with E-state index in [1.807, 2.05) is 120 Å². The quantitative estimate of drug-likeness (QED) is 0.145. The maximum atomic E-state index is 13.9. The summed E-state index contributed by atoms with van der Waals surface area (Å²) in [6, 6.07) is 22.8. The molecule has 0 bridgehead atoms. The zero-order valence-corrected chi connectivity index (χ0v) is 52.5. The van der Waals surface area contributed by atoms with Gasteiger partial charge in [0.05, 0.1) is 0 Å². The Morgan fingerprint density at radius 1 is 0.243 bits per heavy atom. The fourth-order valence-electron chi connectivity index (χ4n) is 7.46. The summed E-state index contributed by atoms with van der Waals surface area (Å²) < 4.78 is 55.5. The first-order valence-electron chi connectivity index (χ1n) is 26.7. The first-order valence-corrected chi connectivity index (χ1v) is 26.7. The van der Waals surface area contributed by atoms with Gasteiger partial charge in [0.25, 0.3) is 0 Å². The first-order chi connectivity index (χ1) is 32.7. The van der Waals surface area contributed by atoms with Gasteiger partial charge in [0, 0.05) is 40.2 Å². The maximum absolute atomic E-state index is 13.9. The Balaban J connectivity index is 0.000000463. The molecule has 0 N–H and O–H groups in total. The van der Waals surface area contributed by atoms with Gasteiger partial charge in [-0.05, 0) is 119 Å². The van der Waals surface area contributed by atoms with Gasteiger partial charge in [-0.1, -0.05) is 244 Å². The number of nitrogens with zero attached hydrogens (tertiary/aromatic N) is 2. The van der Waals surface area contributed by atoms with Crippen molar-refractivity contribution in [2.75, 3.05) is 0 Å². The molecule has 3 aromatic carbocycles. The number of rotatable bonds is 0. The molecule has 0 saturated carbocycles. The Kier molecular flexibility index (Phi) is 22.3. The summed E-state index contributed by atoms with van der Waals surface area (Å²) in [6.45, 7) is 62.4. The molecule has 5 rings (SSSR count). The van der Waals surface area contributed by atoms with E-state index < -0.39 is 17.0 Å². The molecule has 0 saturated heterocycles. The van der Waals surface area contributed by atoms with Crippen LogP contribution in [0.15, 0.2) is 85.2 Å². The fourth-order valence-corrected chi connectivity index (χ4v) is 7.46. The molecular weight excluding hydrogens is 921 g/mol. The van der Waals surface area contributed by atoms with E-state index in [2.05, 4.69) is 159 Å². The maximum Gasteiger partial charge on any atom is 0.130 e. The molecule has 0 amide bonds. The normalized spacial score (nSPS) is 13.0. The van der Waals surface area contributed by atoms with Gasteiger partial charge in [0.2, 0.25) is 0 Å². The zero-order chi connectivity index (χ0) is 58.4. The average molecular weight is 1030 g/mol. The van der Waals surface area contributed by atoms with Gasteiger partial charge in [-0.3, -0.25) is 9.97 Å². The number of hydrogen-bond acceptors (Lipinski definition) is 2. The Morgan fingerprint density at radius 3 is 0.662 bits per heavy atom. The van der Waals surface area contributed by atoms with Crippen molar-refractivity contribution in [3.63, 3.8) is 0 Å². The molecule has 0 aliphatic carbocycles. The molecule has 2 heterocycles. The van der Waals surface area contributed by atoms with Gasteiger partial charge in [-0.25, -0.2) is 17.6 Å². The van der Waals surface area contributed by atoms with Crippen LogP contribution in [0.25, 0.3) is 0 Å². The lowest BCUT2D eigenvalue weighted by molar-refractivity contribution is 0.466. The van der Waals surface area contributed by atoms with Crippen LogP contribution in [0.3, 0.4) is 0 Å². The van der Waals surface area contributed by atoms with Crippen LogP contribution in [0.2, 0.25) is 0 Å². The molecule has 6 heteroatoms. The van der Waals surface area contributed by atoms with E-state index in [9.17, 15) is 17.6 Å². The third-order valence-electron chi connectivity index (χ3n) is 12.7. The summed E-state index contributed by atoms with van der Waals surface area (Å²) in [6.07, 6.45) is 4.00. The van der Waals surface area contributed by atoms with Gasteiger partial charge >= 0.3 is 0 Å². The summed E-state index contributed by atoms with van der Waals surface area (Å²) in [5, 5.41) is 0. The van der Waals surface area contributed by atoms with Crippen LogP contribution in [-0.2, 0) is 54.1 Å². The number of halogens is 4. The van der Waals surface area contributed by atoms with Gasteiger partial charge in [0.1, 0.15) is 23.3 Å². The minimum Gasteiger partial charge on any atom is -0.260 e. The second kappa shape index (κ2) is 24.3. The molecule has 74 heavy (non-hydrogen) atoms. The van der Waals surface area contributed by atoms with Crippen LogP contribution in [0.5, 0.6) is 0 Å². The van der Waals surface area contributed by atoms with E-state index in [0.717, 1.165) is 33.6 Å². The highest BCUT2D eigenvalue weighted by Gasteiger charge is 2.27. The smallest absolute Gasteiger partial charge is 0.130 e. The number of aromatic nitrogens is 2. The minimum atomic E-state index is -0.509. The van der Waals surface area contributed by atoms with Crippen LogP contribution in [0, 0.1) is 23.3 Å². The number of pyridine rings is 2. The standard InChI is InChI=1S/C14H20F2.2C14H21F.2C13H21N/c1-13(2,3)9-7-10(15)12(11(16)8-9)14(4,5)6;2*1-13(2,3)10-7-8-11(12(15)9-10)14(4,5)6;2*1-12(2,3)10-7-8-11(14-9-10)13(4,5)6/h7-8H,1-6H3;2*7-9H,1-6H3;2*7-9H,1-6H3. The largest absolute Gasteiger partial charge is 0.260 e. The zero-order valence-electron chi connectivity index (χ0n) is 52.5. The van der Waals surface area contributed by atoms with Gasteiger partial charge < -0.3 is 0 Å². The van der Waals surface area contributed by atoms with Crippen LogP contribution in [0.4, 0.5) is 17.6 Å². The van der Waals surface area contributed by atoms with Gasteiger partial charge in [-0.15, -0.1) is 0 Å². The lowest BCUT2D eigenvalue weighted by Crippen LogP contribution is -2.19. The summed E-state index contributed by atoms with van der Waals surface area (Å²) in [5.41, 5.74) is 9.16. The summed E-state index contributed by atoms with van der Waals surface area (Å²) in [4.78, 5) is 9.03. The van der Waals surface area contributed by atoms with E-state index in [1.54, 1.807) is 12.1 Å². The highest BCUT2D eigenvalue weighted by molar-refractivity contribution is 5.36. The lowest BCUT2D eigenvalue weighted by atomic mass is 9.81. The number of hydrogen-bond donors (Lipinski definition) is 0. The average Bonchev–Trinajstić information content (AvgIpc) is 3.18. The minimum absolute atomic E-state index is 0.0112. The Morgan fingerprint density at radius 2 is 0.486 bits per heavy atom. The second-order valence-electron chi connectivity index (χ2n) is 30.6. The molecule has 0 aliphatic heterocycles. The van der Waals surface area contributed by atoms with Crippen molar-refractivity contribution in [2.45, 2.75) is 262 Å². The van der Waals surface area contributed by atoms with Crippen LogP contribution in [0.1, 0.15) is 264 Å². The summed E-state index contributed by atoms with van der Waals surface area (Å²) in [7, 11) is 0. The van der Waals surface area contributed by atoms with Crippen LogP contribution < -0.4 is 0 Å². The second-order valence-corrected chi connectivity index (χ2v) is 30.6. The van der Waals surface area contributed by atoms with Crippen molar-refractivity contribution in [2.24, 2.45) is 0 Å². The Labute approximate surface area is 451 Å². The van der Waals surface area contributed by atoms with Crippen molar-refractivity contribution < 1.29 is 17.6 Å². The molecule has 0 unspecified atom stereocenters. The van der Waals surface area contributed by atoms with E-state index in [0.29, 0.717) is 5.56 Å². The van der Waals surface area contributed by atoms with E-state index in [4.69, 9.17) is 0 Å². The number of benzene rings is 3. The molecule has 2 aromatic heterocycles. The predicted molar refractivity (Wildman–Crippen MR) is 315 cm³/mol. The monoisotopic (exact) mass is 1020 g/mol. The Bertz CT molecular complexity index is 2300. The van der Waals surface area contributed by atoms with E-state index in [1.165, 1.54) is 23.3 Å². The molecule has 0 aliphatic rings. The third-order valence-corrected chi connectivity index (χ3v) is 12.7. The van der Waals surface area contributed by atoms with Crippen LogP contribution in [-0.4, -0.2) is 9.97 Å². The van der Waals surface area contributed by atoms with Gasteiger partial charge in [-0.2, -0.15) is 0 Å². The highest BCUT2D eigenvalue weighted by Crippen LogP contribution is 2.34. The summed E-state index contributed by atoms with van der Waals surface area (Å²) >= 11 is 0. The molecule has 0 radical (unpaired) electrons. The van der Waals surface area contributed by atoms with Gasteiger partial charge in [0.15, 0.2) is 0 Å². The van der Waals surface area contributed by atoms with E-state index in [-0.39, 0.29) is 65.9 Å². The van der Waals surface area contributed by atoms with E-state index >= 15 is 0 Å². The molecule has 5 aromatic rings. The highest BCUT2D eigenvalue weighted by atomic mass is 19.1. The molecule has 0 fully saturated rings. The molecule has 414 valence electrons. The van der Waals surface area contributed by atoms with Crippen molar-refractivity contribution >= 4 is 0 Å². The Hall–Kier alpha value is -4.32. The van der Waals surface area contributed by atoms with Crippen LogP contribution >= 0.6 is 0 Å². The summed E-state index contributed by atoms with van der Waals surface area (Å²) in [5.74, 6) is -1.07. The SMILES string of the molecule is CC(C)(C)c1cc(F)c(C(C)(C)C)c(F)c1.CC(C)(C)c1ccc(C(C)(C)C)c(F)c1.CC(C)(C)c1ccc(C(C)(C)C)c(F)c1.CC(C)(C)c1ccc(C(C)(C)C)nc1.CC(C)(C)c1ccc(C(C)(C)C)nc1. The topological polar surface area (TPSA) is 25.8 Å². The van der Waals surface area contributed by atoms with Crippen molar-refractivity contribution in [3.05, 3.63) is 164 Å². The molecule has 0 spiro atoms. The van der Waals surface area contributed by atoms with Crippen molar-refractivity contribution in [1.29, 1.82) is 0 Å². The molecule has 2 nitrogen and oxygen atoms in total. The lowest BCUT2D eigenvalue weighted by Gasteiger charge is -2.24. The van der Waals surface area contributed by atoms with Crippen molar-refractivity contribution in [3.8, 4) is 0 Å². The molecular formula is C68H104F4N2. The van der Waals surface area contributed by atoms with Crippen molar-refractivity contribution in [1.82, 2.24) is 9.97 Å². The molecule has 0 atom stereocenters. The fraction of sp³-hybridized carbons (Fsp3) is 0.588. The first kappa shape index (κ1) is 67.7.